The molecule has 0 spiro atoms. The summed E-state index contributed by atoms with van der Waals surface area (Å²) in [6, 6.07) is 32.7. The lowest BCUT2D eigenvalue weighted by molar-refractivity contribution is 1.21. The standard InChI is InChI=1S/C32H27NS3/c1-4-9-25(10-5-2)33(26-11-7-6-8-12-26)27-16-14-24(15-17-27)28-19-20-31(35-28)32-22-21-30(36-32)29-18-13-23(3)34-29/h4-22H,1H2,2-3H3/b10-5-,25-9+. The fourth-order valence-electron chi connectivity index (χ4n) is 4.09. The number of allylic oxidation sites excluding steroid dienone is 4. The van der Waals surface area contributed by atoms with E-state index in [1.54, 1.807) is 0 Å². The highest BCUT2D eigenvalue weighted by Crippen LogP contribution is 2.42. The van der Waals surface area contributed by atoms with Crippen LogP contribution in [-0.2, 0) is 0 Å². The highest BCUT2D eigenvalue weighted by molar-refractivity contribution is 7.27. The van der Waals surface area contributed by atoms with Crippen LogP contribution in [0.1, 0.15) is 11.8 Å². The van der Waals surface area contributed by atoms with Crippen molar-refractivity contribution in [2.45, 2.75) is 13.8 Å². The van der Waals surface area contributed by atoms with Gasteiger partial charge in [0.25, 0.3) is 0 Å². The lowest BCUT2D eigenvalue weighted by Gasteiger charge is -2.26. The van der Waals surface area contributed by atoms with Gasteiger partial charge >= 0.3 is 0 Å². The number of hydrogen-bond donors (Lipinski definition) is 0. The van der Waals surface area contributed by atoms with E-state index < -0.39 is 0 Å². The molecule has 0 fully saturated rings. The van der Waals surface area contributed by atoms with Crippen LogP contribution >= 0.6 is 34.0 Å². The molecule has 4 heteroatoms. The minimum absolute atomic E-state index is 1.07. The first-order valence-corrected chi connectivity index (χ1v) is 14.3. The van der Waals surface area contributed by atoms with Crippen LogP contribution in [0, 0.1) is 6.92 Å². The average molecular weight is 522 g/mol. The number of nitrogens with zero attached hydrogens (tertiary/aromatic N) is 1. The highest BCUT2D eigenvalue weighted by Gasteiger charge is 2.14. The second-order valence-corrected chi connectivity index (χ2v) is 11.7. The van der Waals surface area contributed by atoms with Gasteiger partial charge in [0.15, 0.2) is 0 Å². The summed E-state index contributed by atoms with van der Waals surface area (Å²) in [5, 5.41) is 0. The van der Waals surface area contributed by atoms with Crippen molar-refractivity contribution in [2.75, 3.05) is 4.90 Å². The normalized spacial score (nSPS) is 11.8. The monoisotopic (exact) mass is 521 g/mol. The van der Waals surface area contributed by atoms with E-state index in [9.17, 15) is 0 Å². The summed E-state index contributed by atoms with van der Waals surface area (Å²) in [6.07, 6.45) is 8.05. The van der Waals surface area contributed by atoms with E-state index in [2.05, 4.69) is 115 Å². The first-order valence-electron chi connectivity index (χ1n) is 11.8. The number of anilines is 2. The Labute approximate surface area is 225 Å². The molecule has 5 rings (SSSR count). The topological polar surface area (TPSA) is 3.24 Å². The molecule has 3 aromatic heterocycles. The van der Waals surface area contributed by atoms with Crippen molar-refractivity contribution in [3.63, 3.8) is 0 Å². The Balaban J connectivity index is 1.43. The number of thiophene rings is 3. The number of aryl methyl sites for hydroxylation is 1. The Bertz CT molecular complexity index is 1510. The Hall–Kier alpha value is -3.44. The van der Waals surface area contributed by atoms with E-state index in [0.717, 1.165) is 17.1 Å². The SMILES string of the molecule is C=C/C=C(\C=C/C)N(c1ccccc1)c1ccc(-c2ccc(-c3ccc(-c4ccc(C)s4)s3)s2)cc1. The maximum absolute atomic E-state index is 3.92. The molecule has 36 heavy (non-hydrogen) atoms. The number of para-hydroxylation sites is 1. The second kappa shape index (κ2) is 11.1. The molecule has 0 saturated carbocycles. The third kappa shape index (κ3) is 5.21. The molecular formula is C32H27NS3. The summed E-state index contributed by atoms with van der Waals surface area (Å²) in [5.74, 6) is 0. The quantitative estimate of drug-likeness (QED) is 0.184. The van der Waals surface area contributed by atoms with Gasteiger partial charge in [-0.3, -0.25) is 0 Å². The van der Waals surface area contributed by atoms with E-state index in [1.165, 1.54) is 34.8 Å². The molecule has 0 N–H and O–H groups in total. The van der Waals surface area contributed by atoms with E-state index in [4.69, 9.17) is 0 Å². The smallest absolute Gasteiger partial charge is 0.0462 e. The molecule has 0 unspecified atom stereocenters. The number of benzene rings is 2. The lowest BCUT2D eigenvalue weighted by Crippen LogP contribution is -2.14. The summed E-state index contributed by atoms with van der Waals surface area (Å²) in [7, 11) is 0. The average Bonchev–Trinajstić information content (AvgIpc) is 3.66. The molecule has 0 amide bonds. The third-order valence-electron chi connectivity index (χ3n) is 5.75. The van der Waals surface area contributed by atoms with Crippen LogP contribution in [0.15, 0.2) is 128 Å². The molecule has 0 aliphatic heterocycles. The molecule has 1 nitrogen and oxygen atoms in total. The van der Waals surface area contributed by atoms with Gasteiger partial charge in [-0.05, 0) is 92.2 Å². The Morgan fingerprint density at radius 2 is 1.22 bits per heavy atom. The Kier molecular flexibility index (Phi) is 7.47. The number of rotatable bonds is 8. The van der Waals surface area contributed by atoms with E-state index in [0.29, 0.717) is 0 Å². The maximum Gasteiger partial charge on any atom is 0.0462 e. The van der Waals surface area contributed by atoms with Crippen molar-refractivity contribution in [3.05, 3.63) is 132 Å². The van der Waals surface area contributed by atoms with Gasteiger partial charge in [-0.2, -0.15) is 0 Å². The first kappa shape index (κ1) is 24.3. The van der Waals surface area contributed by atoms with Crippen LogP contribution in [-0.4, -0.2) is 0 Å². The molecule has 0 aliphatic carbocycles. The predicted molar refractivity (Wildman–Crippen MR) is 163 cm³/mol. The van der Waals surface area contributed by atoms with E-state index in [1.807, 2.05) is 59.2 Å². The van der Waals surface area contributed by atoms with Crippen molar-refractivity contribution in [1.82, 2.24) is 0 Å². The van der Waals surface area contributed by atoms with E-state index in [-0.39, 0.29) is 0 Å². The van der Waals surface area contributed by atoms with Crippen LogP contribution in [0.25, 0.3) is 29.9 Å². The second-order valence-electron chi connectivity index (χ2n) is 8.28. The zero-order valence-electron chi connectivity index (χ0n) is 20.3. The Morgan fingerprint density at radius 3 is 1.81 bits per heavy atom. The highest BCUT2D eigenvalue weighted by atomic mass is 32.1. The van der Waals surface area contributed by atoms with Crippen molar-refractivity contribution in [2.24, 2.45) is 0 Å². The molecule has 0 radical (unpaired) electrons. The molecule has 0 saturated heterocycles. The molecule has 0 atom stereocenters. The minimum Gasteiger partial charge on any atom is -0.311 e. The van der Waals surface area contributed by atoms with Crippen LogP contribution in [0.3, 0.4) is 0 Å². The fraction of sp³-hybridized carbons (Fsp3) is 0.0625. The lowest BCUT2D eigenvalue weighted by atomic mass is 10.1. The predicted octanol–water partition coefficient (Wildman–Crippen LogP) is 11.0. The minimum atomic E-state index is 1.07. The summed E-state index contributed by atoms with van der Waals surface area (Å²) in [4.78, 5) is 10.2. The molecule has 3 heterocycles. The molecule has 178 valence electrons. The van der Waals surface area contributed by atoms with Crippen molar-refractivity contribution in [3.8, 4) is 29.9 Å². The summed E-state index contributed by atoms with van der Waals surface area (Å²) >= 11 is 5.58. The summed E-state index contributed by atoms with van der Waals surface area (Å²) < 4.78 is 0. The van der Waals surface area contributed by atoms with Gasteiger partial charge in [-0.15, -0.1) is 34.0 Å². The van der Waals surface area contributed by atoms with Crippen molar-refractivity contribution >= 4 is 45.4 Å². The zero-order valence-corrected chi connectivity index (χ0v) is 22.8. The van der Waals surface area contributed by atoms with Gasteiger partial charge in [0.2, 0.25) is 0 Å². The van der Waals surface area contributed by atoms with Crippen LogP contribution in [0.5, 0.6) is 0 Å². The summed E-state index contributed by atoms with van der Waals surface area (Å²) in [5.41, 5.74) is 4.53. The van der Waals surface area contributed by atoms with Crippen LogP contribution in [0.4, 0.5) is 11.4 Å². The Morgan fingerprint density at radius 1 is 0.667 bits per heavy atom. The van der Waals surface area contributed by atoms with Gasteiger partial charge in [-0.25, -0.2) is 0 Å². The van der Waals surface area contributed by atoms with Gasteiger partial charge in [0, 0.05) is 46.3 Å². The first-order chi connectivity index (χ1) is 17.7. The van der Waals surface area contributed by atoms with Gasteiger partial charge in [0.05, 0.1) is 0 Å². The third-order valence-corrected chi connectivity index (χ3v) is 9.36. The molecule has 0 aliphatic rings. The fourth-order valence-corrected chi connectivity index (χ4v) is 7.16. The molecule has 2 aromatic carbocycles. The van der Waals surface area contributed by atoms with Gasteiger partial charge < -0.3 is 4.90 Å². The summed E-state index contributed by atoms with van der Waals surface area (Å²) in [6.45, 7) is 8.12. The molecule has 0 bridgehead atoms. The van der Waals surface area contributed by atoms with Gasteiger partial charge in [0.1, 0.15) is 0 Å². The zero-order chi connectivity index (χ0) is 24.9. The van der Waals surface area contributed by atoms with Crippen LogP contribution in [0.2, 0.25) is 0 Å². The largest absolute Gasteiger partial charge is 0.311 e. The number of hydrogen-bond acceptors (Lipinski definition) is 4. The molecular weight excluding hydrogens is 495 g/mol. The molecule has 5 aromatic rings. The van der Waals surface area contributed by atoms with Gasteiger partial charge in [-0.1, -0.05) is 49.1 Å². The van der Waals surface area contributed by atoms with Crippen LogP contribution < -0.4 is 4.90 Å². The van der Waals surface area contributed by atoms with E-state index >= 15 is 0 Å². The maximum atomic E-state index is 3.92. The van der Waals surface area contributed by atoms with Crippen molar-refractivity contribution < 1.29 is 0 Å². The van der Waals surface area contributed by atoms with Crippen molar-refractivity contribution in [1.29, 1.82) is 0 Å².